The van der Waals surface area contributed by atoms with Crippen molar-refractivity contribution in [2.75, 3.05) is 19.7 Å². The maximum Gasteiger partial charge on any atom is 0.119 e. The Kier molecular flexibility index (Phi) is 7.10. The van der Waals surface area contributed by atoms with Crippen molar-refractivity contribution in [3.63, 3.8) is 0 Å². The summed E-state index contributed by atoms with van der Waals surface area (Å²) in [5.74, 6) is 0.942. The Bertz CT molecular complexity index is 686. The zero-order valence-corrected chi connectivity index (χ0v) is 15.4. The van der Waals surface area contributed by atoms with Crippen molar-refractivity contribution in [2.24, 2.45) is 0 Å². The topological polar surface area (TPSA) is 36.3 Å². The molecule has 0 bridgehead atoms. The largest absolute Gasteiger partial charge is 0.493 e. The van der Waals surface area contributed by atoms with E-state index in [-0.39, 0.29) is 0 Å². The molecule has 0 atom stereocenters. The molecule has 0 unspecified atom stereocenters. The van der Waals surface area contributed by atoms with Crippen LogP contribution in [-0.4, -0.2) is 30.6 Å². The number of nitriles is 1. The predicted octanol–water partition coefficient (Wildman–Crippen LogP) is 4.62. The van der Waals surface area contributed by atoms with E-state index in [1.54, 1.807) is 0 Å². The summed E-state index contributed by atoms with van der Waals surface area (Å²) >= 11 is 0. The number of hydrogen-bond acceptors (Lipinski definition) is 3. The van der Waals surface area contributed by atoms with Gasteiger partial charge in [0, 0.05) is 25.4 Å². The van der Waals surface area contributed by atoms with Crippen molar-refractivity contribution >= 4 is 0 Å². The molecule has 2 aromatic rings. The smallest absolute Gasteiger partial charge is 0.119 e. The number of rotatable bonds is 11. The van der Waals surface area contributed by atoms with E-state index >= 15 is 0 Å². The minimum atomic E-state index is 0.665. The van der Waals surface area contributed by atoms with E-state index in [1.807, 2.05) is 6.07 Å². The molecule has 0 aromatic heterocycles. The second-order valence-corrected chi connectivity index (χ2v) is 7.01. The summed E-state index contributed by atoms with van der Waals surface area (Å²) in [5, 5.41) is 8.71. The van der Waals surface area contributed by atoms with Crippen molar-refractivity contribution in [1.29, 1.82) is 5.26 Å². The molecule has 0 heterocycles. The van der Waals surface area contributed by atoms with Gasteiger partial charge in [-0.05, 0) is 55.5 Å². The monoisotopic (exact) mass is 348 g/mol. The highest BCUT2D eigenvalue weighted by atomic mass is 16.5. The molecule has 1 aliphatic rings. The molecule has 3 heteroatoms. The van der Waals surface area contributed by atoms with E-state index < -0.39 is 0 Å². The zero-order valence-electron chi connectivity index (χ0n) is 15.4. The lowest BCUT2D eigenvalue weighted by Crippen LogP contribution is -2.29. The van der Waals surface area contributed by atoms with Crippen LogP contribution >= 0.6 is 0 Å². The molecule has 3 nitrogen and oxygen atoms in total. The van der Waals surface area contributed by atoms with Gasteiger partial charge in [-0.15, -0.1) is 0 Å². The lowest BCUT2D eigenvalue weighted by Gasteiger charge is -2.21. The van der Waals surface area contributed by atoms with Crippen LogP contribution in [0.5, 0.6) is 5.75 Å². The van der Waals surface area contributed by atoms with E-state index in [0.717, 1.165) is 44.1 Å². The molecule has 0 saturated heterocycles. The number of benzene rings is 2. The van der Waals surface area contributed by atoms with Gasteiger partial charge in [0.05, 0.1) is 12.7 Å². The Morgan fingerprint density at radius 3 is 2.35 bits per heavy atom. The first-order valence-electron chi connectivity index (χ1n) is 9.72. The van der Waals surface area contributed by atoms with Gasteiger partial charge in [-0.1, -0.05) is 42.5 Å². The van der Waals surface area contributed by atoms with Crippen LogP contribution in [-0.2, 0) is 12.8 Å². The van der Waals surface area contributed by atoms with Crippen molar-refractivity contribution in [2.45, 2.75) is 44.6 Å². The molecule has 1 saturated carbocycles. The Labute approximate surface area is 157 Å². The highest BCUT2D eigenvalue weighted by Gasteiger charge is 2.27. The van der Waals surface area contributed by atoms with Gasteiger partial charge in [-0.3, -0.25) is 0 Å². The molecule has 0 amide bonds. The standard InChI is InChI=1S/C23H28N2O/c24-16-4-5-17-25(22-10-11-22)18-14-21-8-12-23(13-9-21)26-19-15-20-6-2-1-3-7-20/h1-3,6-9,12-13,22H,4-5,10-11,14-15,17-19H2. The Hall–Kier alpha value is -2.31. The van der Waals surface area contributed by atoms with E-state index in [9.17, 15) is 0 Å². The van der Waals surface area contributed by atoms with Crippen LogP contribution in [0.25, 0.3) is 0 Å². The van der Waals surface area contributed by atoms with Crippen LogP contribution in [0.15, 0.2) is 54.6 Å². The Morgan fingerprint density at radius 2 is 1.65 bits per heavy atom. The fourth-order valence-electron chi connectivity index (χ4n) is 3.23. The van der Waals surface area contributed by atoms with Crippen LogP contribution in [0.2, 0.25) is 0 Å². The van der Waals surface area contributed by atoms with Gasteiger partial charge in [0.2, 0.25) is 0 Å². The van der Waals surface area contributed by atoms with E-state index in [0.29, 0.717) is 13.0 Å². The van der Waals surface area contributed by atoms with Crippen molar-refractivity contribution < 1.29 is 4.74 Å². The molecular formula is C23H28N2O. The molecule has 26 heavy (non-hydrogen) atoms. The van der Waals surface area contributed by atoms with Crippen LogP contribution in [0.3, 0.4) is 0 Å². The summed E-state index contributed by atoms with van der Waals surface area (Å²) < 4.78 is 5.86. The van der Waals surface area contributed by atoms with Crippen LogP contribution in [0.1, 0.15) is 36.8 Å². The number of ether oxygens (including phenoxy) is 1. The first-order chi connectivity index (χ1) is 12.8. The van der Waals surface area contributed by atoms with Crippen molar-refractivity contribution in [3.8, 4) is 11.8 Å². The SMILES string of the molecule is N#CCCCN(CCc1ccc(OCCc2ccccc2)cc1)C1CC1. The fourth-order valence-corrected chi connectivity index (χ4v) is 3.23. The molecule has 2 aromatic carbocycles. The molecule has 3 rings (SSSR count). The van der Waals surface area contributed by atoms with E-state index in [1.165, 1.54) is 24.0 Å². The zero-order chi connectivity index (χ0) is 18.0. The van der Waals surface area contributed by atoms with Gasteiger partial charge in [0.15, 0.2) is 0 Å². The second-order valence-electron chi connectivity index (χ2n) is 7.01. The highest BCUT2D eigenvalue weighted by molar-refractivity contribution is 5.27. The van der Waals surface area contributed by atoms with Crippen LogP contribution in [0, 0.1) is 11.3 Å². The van der Waals surface area contributed by atoms with Gasteiger partial charge in [-0.2, -0.15) is 5.26 Å². The first kappa shape index (κ1) is 18.5. The summed E-state index contributed by atoms with van der Waals surface area (Å²) in [6, 6.07) is 22.0. The molecule has 0 radical (unpaired) electrons. The minimum Gasteiger partial charge on any atom is -0.493 e. The molecular weight excluding hydrogens is 320 g/mol. The lowest BCUT2D eigenvalue weighted by atomic mass is 10.1. The maximum atomic E-state index is 8.71. The normalized spacial score (nSPS) is 13.5. The summed E-state index contributed by atoms with van der Waals surface area (Å²) in [7, 11) is 0. The molecule has 1 fully saturated rings. The lowest BCUT2D eigenvalue weighted by molar-refractivity contribution is 0.264. The minimum absolute atomic E-state index is 0.665. The molecule has 1 aliphatic carbocycles. The van der Waals surface area contributed by atoms with Gasteiger partial charge >= 0.3 is 0 Å². The molecule has 0 N–H and O–H groups in total. The first-order valence-corrected chi connectivity index (χ1v) is 9.72. The average molecular weight is 348 g/mol. The summed E-state index contributed by atoms with van der Waals surface area (Å²) in [6.45, 7) is 2.85. The van der Waals surface area contributed by atoms with Gasteiger partial charge in [-0.25, -0.2) is 0 Å². The molecule has 136 valence electrons. The third-order valence-corrected chi connectivity index (χ3v) is 4.91. The van der Waals surface area contributed by atoms with Crippen LogP contribution < -0.4 is 4.74 Å². The second kappa shape index (κ2) is 9.99. The quantitative estimate of drug-likeness (QED) is 0.556. The third-order valence-electron chi connectivity index (χ3n) is 4.91. The molecule has 0 spiro atoms. The number of hydrogen-bond donors (Lipinski definition) is 0. The van der Waals surface area contributed by atoms with E-state index in [2.05, 4.69) is 59.5 Å². The van der Waals surface area contributed by atoms with Crippen molar-refractivity contribution in [1.82, 2.24) is 4.90 Å². The maximum absolute atomic E-state index is 8.71. The fraction of sp³-hybridized carbons (Fsp3) is 0.435. The highest BCUT2D eigenvalue weighted by Crippen LogP contribution is 2.27. The summed E-state index contributed by atoms with van der Waals surface area (Å²) in [5.41, 5.74) is 2.66. The van der Waals surface area contributed by atoms with Gasteiger partial charge < -0.3 is 9.64 Å². The number of unbranched alkanes of at least 4 members (excludes halogenated alkanes) is 1. The van der Waals surface area contributed by atoms with Crippen molar-refractivity contribution in [3.05, 3.63) is 65.7 Å². The number of nitrogens with zero attached hydrogens (tertiary/aromatic N) is 2. The predicted molar refractivity (Wildman–Crippen MR) is 105 cm³/mol. The van der Waals surface area contributed by atoms with Gasteiger partial charge in [0.1, 0.15) is 5.75 Å². The third kappa shape index (κ3) is 6.20. The summed E-state index contributed by atoms with van der Waals surface area (Å²) in [4.78, 5) is 2.56. The van der Waals surface area contributed by atoms with E-state index in [4.69, 9.17) is 10.00 Å². The average Bonchev–Trinajstić information content (AvgIpc) is 3.52. The summed E-state index contributed by atoms with van der Waals surface area (Å²) in [6.07, 6.45) is 6.29. The Balaban J connectivity index is 1.40. The van der Waals surface area contributed by atoms with Gasteiger partial charge in [0.25, 0.3) is 0 Å². The molecule has 0 aliphatic heterocycles. The Morgan fingerprint density at radius 1 is 0.923 bits per heavy atom. The van der Waals surface area contributed by atoms with Crippen LogP contribution in [0.4, 0.5) is 0 Å².